The summed E-state index contributed by atoms with van der Waals surface area (Å²) in [6.07, 6.45) is 5.18. The monoisotopic (exact) mass is 284 g/mol. The highest BCUT2D eigenvalue weighted by Gasteiger charge is 2.22. The Morgan fingerprint density at radius 1 is 1.58 bits per heavy atom. The summed E-state index contributed by atoms with van der Waals surface area (Å²) in [7, 11) is 0. The van der Waals surface area contributed by atoms with E-state index in [0.29, 0.717) is 5.02 Å². The van der Waals surface area contributed by atoms with Crippen molar-refractivity contribution in [3.8, 4) is 0 Å². The molecule has 0 amide bonds. The van der Waals surface area contributed by atoms with E-state index in [1.807, 2.05) is 0 Å². The summed E-state index contributed by atoms with van der Waals surface area (Å²) in [6, 6.07) is 1.78. The smallest absolute Gasteiger partial charge is 0.147 e. The normalized spacial score (nSPS) is 19.7. The van der Waals surface area contributed by atoms with Crippen molar-refractivity contribution >= 4 is 17.4 Å². The number of pyridine rings is 1. The van der Waals surface area contributed by atoms with Crippen molar-refractivity contribution in [1.29, 1.82) is 0 Å². The van der Waals surface area contributed by atoms with E-state index in [2.05, 4.69) is 16.8 Å². The molecule has 0 spiro atoms. The van der Waals surface area contributed by atoms with Gasteiger partial charge in [0.05, 0.1) is 17.7 Å². The second kappa shape index (κ2) is 7.08. The number of rotatable bonds is 5. The van der Waals surface area contributed by atoms with Crippen LogP contribution in [0.25, 0.3) is 0 Å². The highest BCUT2D eigenvalue weighted by atomic mass is 35.5. The van der Waals surface area contributed by atoms with Gasteiger partial charge in [-0.1, -0.05) is 18.5 Å². The largest absolute Gasteiger partial charge is 0.392 e. The van der Waals surface area contributed by atoms with E-state index in [-0.39, 0.29) is 12.7 Å². The lowest BCUT2D eigenvalue weighted by Crippen LogP contribution is -2.40. The Morgan fingerprint density at radius 2 is 2.42 bits per heavy atom. The van der Waals surface area contributed by atoms with Crippen LogP contribution in [0.2, 0.25) is 5.02 Å². The first-order chi connectivity index (χ1) is 9.24. The van der Waals surface area contributed by atoms with Crippen molar-refractivity contribution < 1.29 is 9.84 Å². The number of piperidine rings is 1. The number of nitrogens with zero attached hydrogens (tertiary/aromatic N) is 2. The molecule has 2 rings (SSSR count). The van der Waals surface area contributed by atoms with Gasteiger partial charge in [0.2, 0.25) is 0 Å². The molecule has 5 heteroatoms. The average Bonchev–Trinajstić information content (AvgIpc) is 2.45. The van der Waals surface area contributed by atoms with Gasteiger partial charge in [0, 0.05) is 25.9 Å². The SMILES string of the molecule is CCCOC1CCCN(c2ncc(CO)cc2Cl)C1. The van der Waals surface area contributed by atoms with Crippen LogP contribution < -0.4 is 4.90 Å². The average molecular weight is 285 g/mol. The van der Waals surface area contributed by atoms with E-state index in [1.54, 1.807) is 12.3 Å². The van der Waals surface area contributed by atoms with Gasteiger partial charge < -0.3 is 14.7 Å². The van der Waals surface area contributed by atoms with Crippen molar-refractivity contribution in [2.45, 2.75) is 38.9 Å². The zero-order valence-corrected chi connectivity index (χ0v) is 12.1. The molecule has 1 fully saturated rings. The summed E-state index contributed by atoms with van der Waals surface area (Å²) in [5.74, 6) is 0.795. The van der Waals surface area contributed by atoms with Gasteiger partial charge in [-0.25, -0.2) is 4.98 Å². The molecular weight excluding hydrogens is 264 g/mol. The highest BCUT2D eigenvalue weighted by molar-refractivity contribution is 6.33. The number of hydrogen-bond acceptors (Lipinski definition) is 4. The fraction of sp³-hybridized carbons (Fsp3) is 0.643. The number of ether oxygens (including phenoxy) is 1. The van der Waals surface area contributed by atoms with Gasteiger partial charge in [0.25, 0.3) is 0 Å². The minimum atomic E-state index is -0.0325. The van der Waals surface area contributed by atoms with E-state index < -0.39 is 0 Å². The van der Waals surface area contributed by atoms with E-state index in [9.17, 15) is 0 Å². The molecule has 1 aliphatic rings. The topological polar surface area (TPSA) is 45.6 Å². The zero-order valence-electron chi connectivity index (χ0n) is 11.3. The Hall–Kier alpha value is -0.840. The number of aromatic nitrogens is 1. The van der Waals surface area contributed by atoms with Crippen LogP contribution in [-0.4, -0.2) is 35.9 Å². The van der Waals surface area contributed by atoms with Crippen LogP contribution >= 0.6 is 11.6 Å². The lowest BCUT2D eigenvalue weighted by Gasteiger charge is -2.34. The van der Waals surface area contributed by atoms with Crippen molar-refractivity contribution in [3.05, 3.63) is 22.8 Å². The number of aliphatic hydroxyl groups is 1. The molecule has 2 heterocycles. The summed E-state index contributed by atoms with van der Waals surface area (Å²) in [5.41, 5.74) is 0.740. The van der Waals surface area contributed by atoms with E-state index in [0.717, 1.165) is 50.3 Å². The van der Waals surface area contributed by atoms with Crippen LogP contribution in [0.5, 0.6) is 0 Å². The predicted molar refractivity (Wildman–Crippen MR) is 76.6 cm³/mol. The third-order valence-electron chi connectivity index (χ3n) is 3.30. The van der Waals surface area contributed by atoms with Gasteiger partial charge in [-0.3, -0.25) is 0 Å². The molecule has 1 aromatic rings. The van der Waals surface area contributed by atoms with Gasteiger partial charge >= 0.3 is 0 Å². The van der Waals surface area contributed by atoms with Crippen LogP contribution in [0.3, 0.4) is 0 Å². The molecule has 1 N–H and O–H groups in total. The van der Waals surface area contributed by atoms with Gasteiger partial charge in [-0.2, -0.15) is 0 Å². The minimum Gasteiger partial charge on any atom is -0.392 e. The second-order valence-electron chi connectivity index (χ2n) is 4.89. The lowest BCUT2D eigenvalue weighted by molar-refractivity contribution is 0.0439. The highest BCUT2D eigenvalue weighted by Crippen LogP contribution is 2.27. The molecular formula is C14H21ClN2O2. The van der Waals surface area contributed by atoms with Gasteiger partial charge in [-0.05, 0) is 30.9 Å². The number of halogens is 1. The first-order valence-electron chi connectivity index (χ1n) is 6.86. The maximum atomic E-state index is 9.07. The van der Waals surface area contributed by atoms with Crippen molar-refractivity contribution in [1.82, 2.24) is 4.98 Å². The van der Waals surface area contributed by atoms with Crippen LogP contribution in [-0.2, 0) is 11.3 Å². The molecule has 1 saturated heterocycles. The molecule has 1 aromatic heterocycles. The van der Waals surface area contributed by atoms with Crippen LogP contribution in [0, 0.1) is 0 Å². The first-order valence-corrected chi connectivity index (χ1v) is 7.24. The maximum Gasteiger partial charge on any atom is 0.147 e. The quantitative estimate of drug-likeness (QED) is 0.903. The Bertz CT molecular complexity index is 414. The molecule has 1 atom stereocenters. The molecule has 1 aliphatic heterocycles. The molecule has 0 bridgehead atoms. The molecule has 0 radical (unpaired) electrons. The molecule has 0 saturated carbocycles. The predicted octanol–water partition coefficient (Wildman–Crippen LogP) is 2.62. The van der Waals surface area contributed by atoms with Crippen LogP contribution in [0.4, 0.5) is 5.82 Å². The fourth-order valence-electron chi connectivity index (χ4n) is 2.34. The molecule has 0 aliphatic carbocycles. The summed E-state index contributed by atoms with van der Waals surface area (Å²) in [4.78, 5) is 6.54. The molecule has 0 aromatic carbocycles. The standard InChI is InChI=1S/C14H21ClN2O2/c1-2-6-19-12-4-3-5-17(9-12)14-13(15)7-11(10-18)8-16-14/h7-8,12,18H,2-6,9-10H2,1H3. The lowest BCUT2D eigenvalue weighted by atomic mass is 10.1. The van der Waals surface area contributed by atoms with E-state index >= 15 is 0 Å². The molecule has 19 heavy (non-hydrogen) atoms. The van der Waals surface area contributed by atoms with E-state index in [4.69, 9.17) is 21.4 Å². The maximum absolute atomic E-state index is 9.07. The Kier molecular flexibility index (Phi) is 5.43. The van der Waals surface area contributed by atoms with Crippen molar-refractivity contribution in [2.75, 3.05) is 24.6 Å². The third-order valence-corrected chi connectivity index (χ3v) is 3.57. The van der Waals surface area contributed by atoms with E-state index in [1.165, 1.54) is 0 Å². The number of aliphatic hydroxyl groups excluding tert-OH is 1. The van der Waals surface area contributed by atoms with Gasteiger partial charge in [0.1, 0.15) is 5.82 Å². The summed E-state index contributed by atoms with van der Waals surface area (Å²) >= 11 is 6.24. The summed E-state index contributed by atoms with van der Waals surface area (Å²) in [6.45, 7) is 4.69. The first kappa shape index (κ1) is 14.6. The van der Waals surface area contributed by atoms with Crippen LogP contribution in [0.1, 0.15) is 31.7 Å². The third kappa shape index (κ3) is 3.81. The summed E-state index contributed by atoms with van der Waals surface area (Å²) < 4.78 is 5.82. The molecule has 4 nitrogen and oxygen atoms in total. The second-order valence-corrected chi connectivity index (χ2v) is 5.30. The molecule has 1 unspecified atom stereocenters. The summed E-state index contributed by atoms with van der Waals surface area (Å²) in [5, 5.41) is 9.67. The van der Waals surface area contributed by atoms with Gasteiger partial charge in [-0.15, -0.1) is 0 Å². The van der Waals surface area contributed by atoms with Crippen molar-refractivity contribution in [3.63, 3.8) is 0 Å². The Morgan fingerprint density at radius 3 is 3.11 bits per heavy atom. The number of hydrogen-bond donors (Lipinski definition) is 1. The fourth-order valence-corrected chi connectivity index (χ4v) is 2.65. The van der Waals surface area contributed by atoms with Crippen LogP contribution in [0.15, 0.2) is 12.3 Å². The van der Waals surface area contributed by atoms with Crippen molar-refractivity contribution in [2.24, 2.45) is 0 Å². The molecule has 106 valence electrons. The Labute approximate surface area is 119 Å². The van der Waals surface area contributed by atoms with Gasteiger partial charge in [0.15, 0.2) is 0 Å². The minimum absolute atomic E-state index is 0.0325. The zero-order chi connectivity index (χ0) is 13.7. The Balaban J connectivity index is 2.04. The number of anilines is 1.